The highest BCUT2D eigenvalue weighted by atomic mass is 16.5. The summed E-state index contributed by atoms with van der Waals surface area (Å²) in [4.78, 5) is 13.1. The average Bonchev–Trinajstić information content (AvgIpc) is 2.58. The van der Waals surface area contributed by atoms with Crippen LogP contribution in [0.25, 0.3) is 0 Å². The summed E-state index contributed by atoms with van der Waals surface area (Å²) in [5.41, 5.74) is 2.03. The van der Waals surface area contributed by atoms with Crippen molar-refractivity contribution in [1.29, 1.82) is 0 Å². The van der Waals surface area contributed by atoms with Crippen LogP contribution in [0.15, 0.2) is 54.6 Å². The summed E-state index contributed by atoms with van der Waals surface area (Å²) in [6.07, 6.45) is 3.27. The van der Waals surface area contributed by atoms with Crippen molar-refractivity contribution in [2.45, 2.75) is 39.2 Å². The number of anilines is 1. The third-order valence-electron chi connectivity index (χ3n) is 3.95. The maximum Gasteiger partial charge on any atom is 0.223 e. The van der Waals surface area contributed by atoms with Gasteiger partial charge in [0.05, 0.1) is 0 Å². The highest BCUT2D eigenvalue weighted by molar-refractivity contribution is 5.91. The van der Waals surface area contributed by atoms with E-state index in [1.54, 1.807) is 18.9 Å². The number of ether oxygens (including phenoxy) is 1. The van der Waals surface area contributed by atoms with Gasteiger partial charge in [0, 0.05) is 25.7 Å². The Morgan fingerprint density at radius 3 is 2.52 bits per heavy atom. The predicted octanol–water partition coefficient (Wildman–Crippen LogP) is 4.98. The highest BCUT2D eigenvalue weighted by Gasteiger charge is 2.14. The van der Waals surface area contributed by atoms with Gasteiger partial charge in [-0.3, -0.25) is 4.79 Å². The van der Waals surface area contributed by atoms with Gasteiger partial charge in [-0.25, -0.2) is 0 Å². The van der Waals surface area contributed by atoms with Crippen LogP contribution in [0.2, 0.25) is 0 Å². The molecule has 0 aliphatic heterocycles. The molecule has 2 aromatic carbocycles. The van der Waals surface area contributed by atoms with E-state index in [2.05, 4.69) is 19.1 Å². The van der Waals surface area contributed by atoms with E-state index in [1.807, 2.05) is 42.5 Å². The van der Waals surface area contributed by atoms with Gasteiger partial charge in [-0.15, -0.1) is 0 Å². The van der Waals surface area contributed by atoms with E-state index in [4.69, 9.17) is 4.74 Å². The molecule has 2 rings (SSSR count). The Kier molecular flexibility index (Phi) is 6.21. The van der Waals surface area contributed by atoms with Crippen LogP contribution >= 0.6 is 0 Å². The number of benzene rings is 2. The number of hydrogen-bond donors (Lipinski definition) is 0. The standard InChI is InChI=1S/C20H25NO2/c1-4-5-14-20(17-10-7-6-8-11-17)23-19-13-9-12-18(15-19)21(3)16(2)22/h6-13,15,20H,4-5,14H2,1-3H3. The molecular formula is C20H25NO2. The van der Waals surface area contributed by atoms with E-state index < -0.39 is 0 Å². The second-order valence-corrected chi connectivity index (χ2v) is 5.73. The molecule has 0 aliphatic carbocycles. The maximum atomic E-state index is 11.5. The summed E-state index contributed by atoms with van der Waals surface area (Å²) < 4.78 is 6.24. The Labute approximate surface area is 138 Å². The van der Waals surface area contributed by atoms with Crippen LogP contribution in [-0.2, 0) is 4.79 Å². The normalized spacial score (nSPS) is 11.8. The molecule has 0 N–H and O–H groups in total. The Bertz CT molecular complexity index is 625. The van der Waals surface area contributed by atoms with Crippen molar-refractivity contribution in [3.05, 3.63) is 60.2 Å². The van der Waals surface area contributed by atoms with Crippen LogP contribution in [0.4, 0.5) is 5.69 Å². The zero-order valence-corrected chi connectivity index (χ0v) is 14.2. The summed E-state index contributed by atoms with van der Waals surface area (Å²) in [5.74, 6) is 0.799. The Morgan fingerprint density at radius 2 is 1.87 bits per heavy atom. The lowest BCUT2D eigenvalue weighted by molar-refractivity contribution is -0.116. The van der Waals surface area contributed by atoms with Crippen molar-refractivity contribution < 1.29 is 9.53 Å². The Morgan fingerprint density at radius 1 is 1.13 bits per heavy atom. The molecule has 0 aromatic heterocycles. The van der Waals surface area contributed by atoms with Crippen molar-refractivity contribution in [2.24, 2.45) is 0 Å². The molecule has 0 saturated heterocycles. The second kappa shape index (κ2) is 8.37. The molecule has 3 heteroatoms. The lowest BCUT2D eigenvalue weighted by atomic mass is 10.0. The van der Waals surface area contributed by atoms with Gasteiger partial charge < -0.3 is 9.64 Å². The van der Waals surface area contributed by atoms with E-state index in [9.17, 15) is 4.79 Å². The zero-order chi connectivity index (χ0) is 16.7. The largest absolute Gasteiger partial charge is 0.486 e. The van der Waals surface area contributed by atoms with Crippen LogP contribution in [0.3, 0.4) is 0 Å². The molecule has 1 amide bonds. The fourth-order valence-electron chi connectivity index (χ4n) is 2.46. The van der Waals surface area contributed by atoms with Crippen LogP contribution in [0, 0.1) is 0 Å². The third-order valence-corrected chi connectivity index (χ3v) is 3.95. The molecule has 0 fully saturated rings. The minimum atomic E-state index is 0.00717. The first-order valence-corrected chi connectivity index (χ1v) is 8.17. The molecule has 0 heterocycles. The average molecular weight is 311 g/mol. The lowest BCUT2D eigenvalue weighted by Gasteiger charge is -2.21. The van der Waals surface area contributed by atoms with Crippen molar-refractivity contribution in [1.82, 2.24) is 0 Å². The number of hydrogen-bond acceptors (Lipinski definition) is 2. The van der Waals surface area contributed by atoms with Crippen molar-refractivity contribution in [3.8, 4) is 5.75 Å². The third kappa shape index (κ3) is 4.85. The highest BCUT2D eigenvalue weighted by Crippen LogP contribution is 2.28. The smallest absolute Gasteiger partial charge is 0.223 e. The van der Waals surface area contributed by atoms with Gasteiger partial charge in [0.15, 0.2) is 0 Å². The van der Waals surface area contributed by atoms with E-state index >= 15 is 0 Å². The first kappa shape index (κ1) is 17.1. The SMILES string of the molecule is CCCCC(Oc1cccc(N(C)C(C)=O)c1)c1ccccc1. The fraction of sp³-hybridized carbons (Fsp3) is 0.350. The van der Waals surface area contributed by atoms with Crippen LogP contribution in [0.5, 0.6) is 5.75 Å². The quantitative estimate of drug-likeness (QED) is 0.721. The Balaban J connectivity index is 2.19. The van der Waals surface area contributed by atoms with Crippen LogP contribution < -0.4 is 9.64 Å². The number of carbonyl (C=O) groups excluding carboxylic acids is 1. The van der Waals surface area contributed by atoms with Crippen molar-refractivity contribution >= 4 is 11.6 Å². The number of rotatable bonds is 7. The Hall–Kier alpha value is -2.29. The number of unbranched alkanes of at least 4 members (excludes halogenated alkanes) is 1. The molecule has 122 valence electrons. The summed E-state index contributed by atoms with van der Waals surface area (Å²) in [6.45, 7) is 3.74. The monoisotopic (exact) mass is 311 g/mol. The molecule has 23 heavy (non-hydrogen) atoms. The van der Waals surface area contributed by atoms with Crippen molar-refractivity contribution in [2.75, 3.05) is 11.9 Å². The summed E-state index contributed by atoms with van der Waals surface area (Å²) >= 11 is 0. The molecule has 0 radical (unpaired) electrons. The summed E-state index contributed by atoms with van der Waals surface area (Å²) in [6, 6.07) is 18.0. The molecule has 0 bridgehead atoms. The zero-order valence-electron chi connectivity index (χ0n) is 14.2. The molecule has 0 aliphatic rings. The van der Waals surface area contributed by atoms with Gasteiger partial charge in [-0.1, -0.05) is 49.7 Å². The van der Waals surface area contributed by atoms with E-state index in [0.717, 1.165) is 30.7 Å². The first-order chi connectivity index (χ1) is 11.1. The number of nitrogens with zero attached hydrogens (tertiary/aromatic N) is 1. The number of amides is 1. The van der Waals surface area contributed by atoms with Gasteiger partial charge in [0.25, 0.3) is 0 Å². The minimum Gasteiger partial charge on any atom is -0.486 e. The van der Waals surface area contributed by atoms with Gasteiger partial charge in [0.2, 0.25) is 5.91 Å². The molecular weight excluding hydrogens is 286 g/mol. The van der Waals surface area contributed by atoms with Crippen molar-refractivity contribution in [3.63, 3.8) is 0 Å². The van der Waals surface area contributed by atoms with Crippen LogP contribution in [0.1, 0.15) is 44.8 Å². The molecule has 3 nitrogen and oxygen atoms in total. The predicted molar refractivity (Wildman–Crippen MR) is 94.9 cm³/mol. The second-order valence-electron chi connectivity index (χ2n) is 5.73. The summed E-state index contributed by atoms with van der Waals surface area (Å²) in [7, 11) is 1.77. The number of carbonyl (C=O) groups is 1. The molecule has 1 unspecified atom stereocenters. The van der Waals surface area contributed by atoms with Crippen LogP contribution in [-0.4, -0.2) is 13.0 Å². The van der Waals surface area contributed by atoms with E-state index in [0.29, 0.717) is 0 Å². The molecule has 0 saturated carbocycles. The van der Waals surface area contributed by atoms with Gasteiger partial charge >= 0.3 is 0 Å². The van der Waals surface area contributed by atoms with Gasteiger partial charge in [-0.05, 0) is 30.5 Å². The van der Waals surface area contributed by atoms with Gasteiger partial charge in [0.1, 0.15) is 11.9 Å². The van der Waals surface area contributed by atoms with Gasteiger partial charge in [-0.2, -0.15) is 0 Å². The van der Waals surface area contributed by atoms with E-state index in [1.165, 1.54) is 5.56 Å². The summed E-state index contributed by atoms with van der Waals surface area (Å²) in [5, 5.41) is 0. The molecule has 1 atom stereocenters. The topological polar surface area (TPSA) is 29.5 Å². The van der Waals surface area contributed by atoms with E-state index in [-0.39, 0.29) is 12.0 Å². The lowest BCUT2D eigenvalue weighted by Crippen LogP contribution is -2.22. The molecule has 2 aromatic rings. The maximum absolute atomic E-state index is 11.5. The minimum absolute atomic E-state index is 0.00717. The molecule has 0 spiro atoms. The fourth-order valence-corrected chi connectivity index (χ4v) is 2.46. The first-order valence-electron chi connectivity index (χ1n) is 8.17.